The van der Waals surface area contributed by atoms with Crippen molar-refractivity contribution in [2.75, 3.05) is 13.6 Å². The normalized spacial score (nSPS) is 16.4. The molecule has 0 atom stereocenters. The van der Waals surface area contributed by atoms with E-state index in [-0.39, 0.29) is 5.41 Å². The van der Waals surface area contributed by atoms with Crippen LogP contribution in [-0.2, 0) is 19.4 Å². The molecule has 0 radical (unpaired) electrons. The molecule has 0 aliphatic heterocycles. The van der Waals surface area contributed by atoms with Crippen LogP contribution in [0.3, 0.4) is 0 Å². The molecule has 1 heterocycles. The summed E-state index contributed by atoms with van der Waals surface area (Å²) in [6.45, 7) is 3.88. The zero-order chi connectivity index (χ0) is 15.4. The lowest BCUT2D eigenvalue weighted by Crippen LogP contribution is -2.42. The first kappa shape index (κ1) is 14.7. The van der Waals surface area contributed by atoms with Crippen molar-refractivity contribution in [2.24, 2.45) is 10.4 Å². The Balaban J connectivity index is 1.53. The number of furan rings is 1. The average Bonchev–Trinajstić information content (AvgIpc) is 3.14. The Morgan fingerprint density at radius 1 is 1.14 bits per heavy atom. The predicted molar refractivity (Wildman–Crippen MR) is 88.9 cm³/mol. The molecule has 1 aromatic carbocycles. The van der Waals surface area contributed by atoms with E-state index >= 15 is 0 Å². The quantitative estimate of drug-likeness (QED) is 0.674. The lowest BCUT2D eigenvalue weighted by atomic mass is 9.87. The Hall–Kier alpha value is -2.23. The summed E-state index contributed by atoms with van der Waals surface area (Å²) in [5.74, 6) is 1.72. The second-order valence-electron chi connectivity index (χ2n) is 6.29. The fourth-order valence-electron chi connectivity index (χ4n) is 3.11. The first-order chi connectivity index (χ1) is 10.7. The van der Waals surface area contributed by atoms with Crippen LogP contribution in [0.4, 0.5) is 0 Å². The number of nitrogens with one attached hydrogen (secondary N) is 2. The molecule has 0 fully saturated rings. The van der Waals surface area contributed by atoms with Gasteiger partial charge in [-0.1, -0.05) is 31.2 Å². The van der Waals surface area contributed by atoms with E-state index in [4.69, 9.17) is 4.42 Å². The van der Waals surface area contributed by atoms with E-state index in [9.17, 15) is 0 Å². The fraction of sp³-hybridized carbons (Fsp3) is 0.389. The molecular formula is C18H23N3O. The molecule has 1 aliphatic carbocycles. The molecule has 0 unspecified atom stereocenters. The van der Waals surface area contributed by atoms with Crippen molar-refractivity contribution in [3.8, 4) is 0 Å². The van der Waals surface area contributed by atoms with Gasteiger partial charge in [0.2, 0.25) is 0 Å². The second kappa shape index (κ2) is 6.26. The monoisotopic (exact) mass is 297 g/mol. The predicted octanol–water partition coefficient (Wildman–Crippen LogP) is 2.75. The maximum Gasteiger partial charge on any atom is 0.191 e. The van der Waals surface area contributed by atoms with Crippen LogP contribution >= 0.6 is 0 Å². The number of nitrogens with zero attached hydrogens (tertiary/aromatic N) is 1. The number of benzene rings is 1. The van der Waals surface area contributed by atoms with E-state index in [0.717, 1.165) is 31.1 Å². The van der Waals surface area contributed by atoms with Crippen molar-refractivity contribution in [2.45, 2.75) is 26.3 Å². The lowest BCUT2D eigenvalue weighted by Gasteiger charge is -2.25. The van der Waals surface area contributed by atoms with Gasteiger partial charge >= 0.3 is 0 Å². The maximum absolute atomic E-state index is 5.32. The minimum Gasteiger partial charge on any atom is -0.467 e. The van der Waals surface area contributed by atoms with E-state index in [2.05, 4.69) is 46.8 Å². The molecule has 0 amide bonds. The summed E-state index contributed by atoms with van der Waals surface area (Å²) in [6, 6.07) is 12.6. The minimum atomic E-state index is 0.242. The lowest BCUT2D eigenvalue weighted by molar-refractivity contribution is 0.342. The third-order valence-corrected chi connectivity index (χ3v) is 4.27. The highest BCUT2D eigenvalue weighted by Gasteiger charge is 2.32. The number of hydrogen-bond donors (Lipinski definition) is 2. The number of rotatable bonds is 4. The molecule has 116 valence electrons. The molecule has 0 saturated carbocycles. The summed E-state index contributed by atoms with van der Waals surface area (Å²) in [4.78, 5) is 4.28. The number of fused-ring (bicyclic) bond motifs is 1. The molecule has 2 N–H and O–H groups in total. The van der Waals surface area contributed by atoms with E-state index in [0.29, 0.717) is 6.54 Å². The van der Waals surface area contributed by atoms with Crippen LogP contribution in [0.25, 0.3) is 0 Å². The van der Waals surface area contributed by atoms with Crippen LogP contribution < -0.4 is 10.6 Å². The number of hydrogen-bond acceptors (Lipinski definition) is 2. The Morgan fingerprint density at radius 3 is 2.45 bits per heavy atom. The first-order valence-electron chi connectivity index (χ1n) is 7.72. The Bertz CT molecular complexity index is 621. The molecule has 22 heavy (non-hydrogen) atoms. The summed E-state index contributed by atoms with van der Waals surface area (Å²) < 4.78 is 5.32. The van der Waals surface area contributed by atoms with E-state index in [1.54, 1.807) is 13.3 Å². The molecule has 1 aromatic heterocycles. The Morgan fingerprint density at radius 2 is 1.86 bits per heavy atom. The van der Waals surface area contributed by atoms with E-state index in [1.165, 1.54) is 11.1 Å². The van der Waals surface area contributed by atoms with Crippen LogP contribution in [0, 0.1) is 5.41 Å². The third kappa shape index (κ3) is 3.32. The highest BCUT2D eigenvalue weighted by Crippen LogP contribution is 2.35. The van der Waals surface area contributed by atoms with Gasteiger partial charge < -0.3 is 15.1 Å². The first-order valence-corrected chi connectivity index (χ1v) is 7.72. The van der Waals surface area contributed by atoms with Gasteiger partial charge in [-0.05, 0) is 41.5 Å². The highest BCUT2D eigenvalue weighted by molar-refractivity contribution is 5.79. The van der Waals surface area contributed by atoms with Crippen molar-refractivity contribution < 1.29 is 4.42 Å². The highest BCUT2D eigenvalue weighted by atomic mass is 16.3. The van der Waals surface area contributed by atoms with Crippen molar-refractivity contribution in [3.05, 3.63) is 59.5 Å². The topological polar surface area (TPSA) is 49.6 Å². The molecular weight excluding hydrogens is 274 g/mol. The summed E-state index contributed by atoms with van der Waals surface area (Å²) in [6.07, 6.45) is 3.92. The molecule has 0 spiro atoms. The summed E-state index contributed by atoms with van der Waals surface area (Å²) in [7, 11) is 1.79. The number of guanidine groups is 1. The van der Waals surface area contributed by atoms with Gasteiger partial charge in [-0.3, -0.25) is 4.99 Å². The van der Waals surface area contributed by atoms with Gasteiger partial charge in [-0.15, -0.1) is 0 Å². The molecule has 0 saturated heterocycles. The van der Waals surface area contributed by atoms with Gasteiger partial charge in [0.25, 0.3) is 0 Å². The van der Waals surface area contributed by atoms with Crippen LogP contribution in [0.1, 0.15) is 23.8 Å². The second-order valence-corrected chi connectivity index (χ2v) is 6.29. The van der Waals surface area contributed by atoms with E-state index in [1.807, 2.05) is 12.1 Å². The smallest absolute Gasteiger partial charge is 0.191 e. The van der Waals surface area contributed by atoms with Crippen molar-refractivity contribution >= 4 is 5.96 Å². The van der Waals surface area contributed by atoms with Gasteiger partial charge in [0.1, 0.15) is 5.76 Å². The average molecular weight is 297 g/mol. The molecule has 4 heteroatoms. The van der Waals surface area contributed by atoms with Crippen LogP contribution in [0.2, 0.25) is 0 Å². The molecule has 4 nitrogen and oxygen atoms in total. The van der Waals surface area contributed by atoms with E-state index < -0.39 is 0 Å². The summed E-state index contributed by atoms with van der Waals surface area (Å²) in [5.41, 5.74) is 3.20. The van der Waals surface area contributed by atoms with Gasteiger partial charge in [0.15, 0.2) is 5.96 Å². The fourth-order valence-corrected chi connectivity index (χ4v) is 3.11. The maximum atomic E-state index is 5.32. The minimum absolute atomic E-state index is 0.242. The Kier molecular flexibility index (Phi) is 4.18. The standard InChI is InChI=1S/C18H23N3O/c1-18(10-14-6-3-4-7-15(14)11-18)13-21-17(19-2)20-12-16-8-5-9-22-16/h3-9H,10-13H2,1-2H3,(H2,19,20,21). The Labute approximate surface area is 131 Å². The molecule has 1 aliphatic rings. The zero-order valence-electron chi connectivity index (χ0n) is 13.2. The third-order valence-electron chi connectivity index (χ3n) is 4.27. The van der Waals surface area contributed by atoms with Gasteiger partial charge in [-0.25, -0.2) is 0 Å². The molecule has 0 bridgehead atoms. The van der Waals surface area contributed by atoms with Gasteiger partial charge in [-0.2, -0.15) is 0 Å². The molecule has 3 rings (SSSR count). The zero-order valence-corrected chi connectivity index (χ0v) is 13.2. The summed E-state index contributed by atoms with van der Waals surface area (Å²) >= 11 is 0. The van der Waals surface area contributed by atoms with Gasteiger partial charge in [0, 0.05) is 13.6 Å². The van der Waals surface area contributed by atoms with Crippen molar-refractivity contribution in [1.29, 1.82) is 0 Å². The van der Waals surface area contributed by atoms with Crippen LogP contribution in [0.15, 0.2) is 52.1 Å². The van der Waals surface area contributed by atoms with Gasteiger partial charge in [0.05, 0.1) is 12.8 Å². The largest absolute Gasteiger partial charge is 0.467 e. The van der Waals surface area contributed by atoms with Crippen molar-refractivity contribution in [1.82, 2.24) is 10.6 Å². The summed E-state index contributed by atoms with van der Waals surface area (Å²) in [5, 5.41) is 6.73. The van der Waals surface area contributed by atoms with Crippen LogP contribution in [-0.4, -0.2) is 19.6 Å². The van der Waals surface area contributed by atoms with Crippen LogP contribution in [0.5, 0.6) is 0 Å². The SMILES string of the molecule is CN=C(NCc1ccco1)NCC1(C)Cc2ccccc2C1. The van der Waals surface area contributed by atoms with Crippen molar-refractivity contribution in [3.63, 3.8) is 0 Å². The number of aliphatic imine (C=N–C) groups is 1. The molecule has 2 aromatic rings.